The molecule has 0 aliphatic heterocycles. The summed E-state index contributed by atoms with van der Waals surface area (Å²) in [5.41, 5.74) is 6.80. The molecule has 4 nitrogen and oxygen atoms in total. The molecule has 0 fully saturated rings. The van der Waals surface area contributed by atoms with Gasteiger partial charge in [-0.25, -0.2) is 0 Å². The van der Waals surface area contributed by atoms with E-state index in [1.165, 1.54) is 0 Å². The number of nitrogens with zero attached hydrogens (tertiary/aromatic N) is 1. The smallest absolute Gasteiger partial charge is 0.255 e. The van der Waals surface area contributed by atoms with Crippen LogP contribution < -0.4 is 10.5 Å². The Morgan fingerprint density at radius 1 is 1.56 bits per heavy atom. The molecule has 0 heterocycles. The fourth-order valence-electron chi connectivity index (χ4n) is 1.64. The van der Waals surface area contributed by atoms with Gasteiger partial charge in [0, 0.05) is 25.3 Å². The molecule has 0 saturated heterocycles. The van der Waals surface area contributed by atoms with Crippen LogP contribution in [0, 0.1) is 0 Å². The topological polar surface area (TPSA) is 55.6 Å². The number of unbranched alkanes of at least 4 members (excludes halogenated alkanes) is 1. The first-order chi connectivity index (χ1) is 8.60. The minimum Gasteiger partial charge on any atom is -0.497 e. The lowest BCUT2D eigenvalue weighted by atomic mass is 10.1. The van der Waals surface area contributed by atoms with Gasteiger partial charge in [-0.15, -0.1) is 6.58 Å². The number of benzene rings is 1. The summed E-state index contributed by atoms with van der Waals surface area (Å²) >= 11 is 0. The molecule has 1 amide bonds. The van der Waals surface area contributed by atoms with E-state index >= 15 is 0 Å². The number of nitrogen functional groups attached to an aromatic ring is 1. The SMILES string of the molecule is C=CCCCN(C)C(=O)c1ccc(OC)cc1N. The molecule has 0 bridgehead atoms. The van der Waals surface area contributed by atoms with Crippen molar-refractivity contribution in [3.05, 3.63) is 36.4 Å². The van der Waals surface area contributed by atoms with Crippen molar-refractivity contribution in [3.63, 3.8) is 0 Å². The van der Waals surface area contributed by atoms with Crippen LogP contribution in [-0.4, -0.2) is 31.5 Å². The Labute approximate surface area is 108 Å². The lowest BCUT2D eigenvalue weighted by Gasteiger charge is -2.18. The largest absolute Gasteiger partial charge is 0.497 e. The zero-order valence-corrected chi connectivity index (χ0v) is 11.0. The number of carbonyl (C=O) groups is 1. The molecule has 0 aromatic heterocycles. The standard InChI is InChI=1S/C14H20N2O2/c1-4-5-6-9-16(2)14(17)12-8-7-11(18-3)10-13(12)15/h4,7-8,10H,1,5-6,9,15H2,2-3H3. The molecule has 0 radical (unpaired) electrons. The summed E-state index contributed by atoms with van der Waals surface area (Å²) in [7, 11) is 3.34. The molecule has 1 aromatic carbocycles. The average Bonchev–Trinajstić information content (AvgIpc) is 2.38. The average molecular weight is 248 g/mol. The molecule has 0 aliphatic rings. The summed E-state index contributed by atoms with van der Waals surface area (Å²) in [5.74, 6) is 0.581. The molecule has 18 heavy (non-hydrogen) atoms. The first kappa shape index (κ1) is 14.1. The fourth-order valence-corrected chi connectivity index (χ4v) is 1.64. The van der Waals surface area contributed by atoms with E-state index in [0.717, 1.165) is 12.8 Å². The van der Waals surface area contributed by atoms with Crippen LogP contribution in [0.4, 0.5) is 5.69 Å². The lowest BCUT2D eigenvalue weighted by molar-refractivity contribution is 0.0795. The van der Waals surface area contributed by atoms with Gasteiger partial charge in [0.1, 0.15) is 5.75 Å². The van der Waals surface area contributed by atoms with Crippen LogP contribution in [0.5, 0.6) is 5.75 Å². The van der Waals surface area contributed by atoms with Crippen LogP contribution in [0.1, 0.15) is 23.2 Å². The summed E-state index contributed by atoms with van der Waals surface area (Å²) in [6, 6.07) is 5.09. The number of carbonyl (C=O) groups excluding carboxylic acids is 1. The van der Waals surface area contributed by atoms with Gasteiger partial charge in [-0.3, -0.25) is 4.79 Å². The fraction of sp³-hybridized carbons (Fsp3) is 0.357. The summed E-state index contributed by atoms with van der Waals surface area (Å²) < 4.78 is 5.05. The van der Waals surface area contributed by atoms with E-state index in [0.29, 0.717) is 23.5 Å². The number of nitrogens with two attached hydrogens (primary N) is 1. The number of amides is 1. The Hall–Kier alpha value is -1.97. The van der Waals surface area contributed by atoms with Crippen molar-refractivity contribution in [2.75, 3.05) is 26.4 Å². The zero-order valence-electron chi connectivity index (χ0n) is 11.0. The van der Waals surface area contributed by atoms with Crippen LogP contribution >= 0.6 is 0 Å². The second-order valence-electron chi connectivity index (χ2n) is 4.11. The molecule has 0 spiro atoms. The van der Waals surface area contributed by atoms with Crippen molar-refractivity contribution >= 4 is 11.6 Å². The van der Waals surface area contributed by atoms with E-state index in [4.69, 9.17) is 10.5 Å². The van der Waals surface area contributed by atoms with Crippen molar-refractivity contribution in [2.24, 2.45) is 0 Å². The summed E-state index contributed by atoms with van der Waals surface area (Å²) in [4.78, 5) is 13.8. The minimum absolute atomic E-state index is 0.0702. The van der Waals surface area contributed by atoms with E-state index in [9.17, 15) is 4.79 Å². The van der Waals surface area contributed by atoms with Crippen LogP contribution in [0.25, 0.3) is 0 Å². The van der Waals surface area contributed by atoms with Crippen molar-refractivity contribution in [1.29, 1.82) is 0 Å². The summed E-state index contributed by atoms with van der Waals surface area (Å²) in [6.07, 6.45) is 3.65. The monoisotopic (exact) mass is 248 g/mol. The number of hydrogen-bond donors (Lipinski definition) is 1. The Bertz CT molecular complexity index is 430. The molecule has 0 unspecified atom stereocenters. The minimum atomic E-state index is -0.0702. The third-order valence-electron chi connectivity index (χ3n) is 2.74. The van der Waals surface area contributed by atoms with Gasteiger partial charge in [0.15, 0.2) is 0 Å². The number of allylic oxidation sites excluding steroid dienone is 1. The molecule has 4 heteroatoms. The quantitative estimate of drug-likeness (QED) is 0.477. The second-order valence-corrected chi connectivity index (χ2v) is 4.11. The zero-order chi connectivity index (χ0) is 13.5. The van der Waals surface area contributed by atoms with Gasteiger partial charge in [0.25, 0.3) is 5.91 Å². The molecule has 1 rings (SSSR count). The lowest BCUT2D eigenvalue weighted by Crippen LogP contribution is -2.28. The highest BCUT2D eigenvalue weighted by Gasteiger charge is 2.14. The maximum Gasteiger partial charge on any atom is 0.255 e. The molecule has 0 saturated carbocycles. The van der Waals surface area contributed by atoms with Gasteiger partial charge in [-0.05, 0) is 25.0 Å². The van der Waals surface area contributed by atoms with Gasteiger partial charge in [-0.1, -0.05) is 6.08 Å². The second kappa shape index (κ2) is 6.69. The van der Waals surface area contributed by atoms with Crippen molar-refractivity contribution in [2.45, 2.75) is 12.8 Å². The highest BCUT2D eigenvalue weighted by Crippen LogP contribution is 2.20. The van der Waals surface area contributed by atoms with Gasteiger partial charge < -0.3 is 15.4 Å². The van der Waals surface area contributed by atoms with Gasteiger partial charge in [0.05, 0.1) is 12.7 Å². The van der Waals surface area contributed by atoms with Crippen LogP contribution in [0.3, 0.4) is 0 Å². The van der Waals surface area contributed by atoms with E-state index in [2.05, 4.69) is 6.58 Å². The van der Waals surface area contributed by atoms with Crippen molar-refractivity contribution in [1.82, 2.24) is 4.90 Å². The molecule has 0 aliphatic carbocycles. The summed E-state index contributed by atoms with van der Waals surface area (Å²) in [6.45, 7) is 4.35. The van der Waals surface area contributed by atoms with Gasteiger partial charge in [-0.2, -0.15) is 0 Å². The first-order valence-electron chi connectivity index (χ1n) is 5.90. The van der Waals surface area contributed by atoms with Crippen molar-refractivity contribution < 1.29 is 9.53 Å². The van der Waals surface area contributed by atoms with E-state index < -0.39 is 0 Å². The van der Waals surface area contributed by atoms with Gasteiger partial charge >= 0.3 is 0 Å². The van der Waals surface area contributed by atoms with Gasteiger partial charge in [0.2, 0.25) is 0 Å². The molecule has 2 N–H and O–H groups in total. The van der Waals surface area contributed by atoms with Crippen LogP contribution in [0.2, 0.25) is 0 Å². The predicted octanol–water partition coefficient (Wildman–Crippen LogP) is 2.32. The van der Waals surface area contributed by atoms with Crippen molar-refractivity contribution in [3.8, 4) is 5.75 Å². The number of methoxy groups -OCH3 is 1. The van der Waals surface area contributed by atoms with E-state index in [-0.39, 0.29) is 5.91 Å². The number of rotatable bonds is 6. The summed E-state index contributed by atoms with van der Waals surface area (Å²) in [5, 5.41) is 0. The highest BCUT2D eigenvalue weighted by molar-refractivity contribution is 5.99. The molecule has 1 aromatic rings. The Morgan fingerprint density at radius 2 is 2.28 bits per heavy atom. The highest BCUT2D eigenvalue weighted by atomic mass is 16.5. The van der Waals surface area contributed by atoms with E-state index in [1.807, 2.05) is 6.08 Å². The molecule has 98 valence electrons. The Balaban J connectivity index is 2.74. The maximum atomic E-state index is 12.1. The molecular formula is C14H20N2O2. The van der Waals surface area contributed by atoms with Crippen LogP contribution in [-0.2, 0) is 0 Å². The number of hydrogen-bond acceptors (Lipinski definition) is 3. The Kier molecular flexibility index (Phi) is 5.24. The normalized spacial score (nSPS) is 9.89. The predicted molar refractivity (Wildman–Crippen MR) is 73.8 cm³/mol. The number of anilines is 1. The maximum absolute atomic E-state index is 12.1. The third kappa shape index (κ3) is 3.52. The van der Waals surface area contributed by atoms with E-state index in [1.54, 1.807) is 37.3 Å². The van der Waals surface area contributed by atoms with Crippen LogP contribution in [0.15, 0.2) is 30.9 Å². The molecular weight excluding hydrogens is 228 g/mol. The first-order valence-corrected chi connectivity index (χ1v) is 5.90. The number of ether oxygens (including phenoxy) is 1. The Morgan fingerprint density at radius 3 is 2.83 bits per heavy atom. The molecule has 0 atom stereocenters. The third-order valence-corrected chi connectivity index (χ3v) is 2.74.